The van der Waals surface area contributed by atoms with E-state index in [0.717, 1.165) is 24.2 Å². The third-order valence-electron chi connectivity index (χ3n) is 5.33. The molecule has 1 aliphatic rings. The summed E-state index contributed by atoms with van der Waals surface area (Å²) in [4.78, 5) is 21.3. The van der Waals surface area contributed by atoms with E-state index in [0.29, 0.717) is 41.4 Å². The third kappa shape index (κ3) is 5.07. The van der Waals surface area contributed by atoms with E-state index in [1.807, 2.05) is 30.3 Å². The predicted octanol–water partition coefficient (Wildman–Crippen LogP) is 4.08. The van der Waals surface area contributed by atoms with Gasteiger partial charge in [-0.15, -0.1) is 0 Å². The van der Waals surface area contributed by atoms with Crippen molar-refractivity contribution in [3.8, 4) is 11.4 Å². The molecule has 1 saturated heterocycles. The predicted molar refractivity (Wildman–Crippen MR) is 118 cm³/mol. The Labute approximate surface area is 190 Å². The lowest BCUT2D eigenvalue weighted by molar-refractivity contribution is -0.148. The molecule has 1 atom stereocenters. The zero-order valence-corrected chi connectivity index (χ0v) is 18.5. The van der Waals surface area contributed by atoms with Crippen molar-refractivity contribution in [1.29, 1.82) is 0 Å². The Morgan fingerprint density at radius 3 is 2.48 bits per heavy atom. The normalized spacial score (nSPS) is 16.2. The number of carbonyl (C=O) groups is 1. The molecule has 2 aromatic carbocycles. The number of ether oxygens (including phenoxy) is 1. The topological polar surface area (TPSA) is 71.7 Å². The molecular weight excluding hydrogens is 439 g/mol. The summed E-state index contributed by atoms with van der Waals surface area (Å²) in [6.07, 6.45) is 0. The zero-order valence-electron chi connectivity index (χ0n) is 17.0. The molecule has 0 amide bonds. The molecule has 9 heteroatoms. The summed E-state index contributed by atoms with van der Waals surface area (Å²) in [5, 5.41) is 5.28. The van der Waals surface area contributed by atoms with Crippen LogP contribution in [-0.2, 0) is 16.1 Å². The minimum absolute atomic E-state index is 0.314. The molecular formula is C22H22Cl2N4O3. The minimum atomic E-state index is -0.527. The van der Waals surface area contributed by atoms with E-state index >= 15 is 0 Å². The second kappa shape index (κ2) is 9.78. The number of hydrogen-bond donors (Lipinski definition) is 0. The summed E-state index contributed by atoms with van der Waals surface area (Å²) in [6.45, 7) is 3.41. The van der Waals surface area contributed by atoms with E-state index in [1.54, 1.807) is 18.2 Å². The van der Waals surface area contributed by atoms with Crippen molar-refractivity contribution in [2.75, 3.05) is 33.3 Å². The molecule has 0 radical (unpaired) electrons. The van der Waals surface area contributed by atoms with Crippen LogP contribution < -0.4 is 0 Å². The summed E-state index contributed by atoms with van der Waals surface area (Å²) in [6, 6.07) is 14.2. The smallest absolute Gasteiger partial charge is 0.327 e. The first-order valence-corrected chi connectivity index (χ1v) is 10.7. The maximum atomic E-state index is 12.5. The lowest BCUT2D eigenvalue weighted by Gasteiger charge is -2.37. The highest BCUT2D eigenvalue weighted by atomic mass is 35.5. The summed E-state index contributed by atoms with van der Waals surface area (Å²) >= 11 is 12.3. The van der Waals surface area contributed by atoms with Gasteiger partial charge in [0.1, 0.15) is 6.04 Å². The molecule has 1 unspecified atom stereocenters. The molecule has 2 heterocycles. The minimum Gasteiger partial charge on any atom is -0.468 e. The SMILES string of the molecule is COC(=O)C(c1ccccc1Cl)N1CCN(Cc2nc(-c3ccc(Cl)cc3)no2)CC1. The van der Waals surface area contributed by atoms with E-state index in [9.17, 15) is 4.79 Å². The Hall–Kier alpha value is -2.45. The van der Waals surface area contributed by atoms with Gasteiger partial charge >= 0.3 is 5.97 Å². The Morgan fingerprint density at radius 1 is 1.10 bits per heavy atom. The number of carbonyl (C=O) groups excluding carboxylic acids is 1. The monoisotopic (exact) mass is 460 g/mol. The van der Waals surface area contributed by atoms with Crippen LogP contribution in [0.2, 0.25) is 10.0 Å². The number of halogens is 2. The van der Waals surface area contributed by atoms with Crippen molar-refractivity contribution in [3.05, 3.63) is 70.0 Å². The lowest BCUT2D eigenvalue weighted by Crippen LogP contribution is -2.49. The second-order valence-corrected chi connectivity index (χ2v) is 8.12. The van der Waals surface area contributed by atoms with Crippen LogP contribution in [0.1, 0.15) is 17.5 Å². The van der Waals surface area contributed by atoms with Crippen LogP contribution in [0.15, 0.2) is 53.1 Å². The number of rotatable bonds is 6. The number of esters is 1. The fourth-order valence-electron chi connectivity index (χ4n) is 3.69. The summed E-state index contributed by atoms with van der Waals surface area (Å²) in [5.41, 5.74) is 1.61. The van der Waals surface area contributed by atoms with Crippen LogP contribution in [0.3, 0.4) is 0 Å². The zero-order chi connectivity index (χ0) is 21.8. The Kier molecular flexibility index (Phi) is 6.87. The standard InChI is InChI=1S/C22H22Cl2N4O3/c1-30-22(29)20(17-4-2-3-5-18(17)24)28-12-10-27(11-13-28)14-19-25-21(26-31-19)15-6-8-16(23)9-7-15/h2-9,20H,10-14H2,1H3. The molecule has 1 aliphatic heterocycles. The van der Waals surface area contributed by atoms with Crippen molar-refractivity contribution in [2.45, 2.75) is 12.6 Å². The Morgan fingerprint density at radius 2 is 1.81 bits per heavy atom. The van der Waals surface area contributed by atoms with Crippen molar-refractivity contribution in [1.82, 2.24) is 19.9 Å². The fourth-order valence-corrected chi connectivity index (χ4v) is 4.05. The van der Waals surface area contributed by atoms with Crippen molar-refractivity contribution >= 4 is 29.2 Å². The van der Waals surface area contributed by atoms with Crippen molar-refractivity contribution < 1.29 is 14.1 Å². The molecule has 0 aliphatic carbocycles. The molecule has 1 aromatic heterocycles. The highest BCUT2D eigenvalue weighted by Crippen LogP contribution is 2.29. The fraction of sp³-hybridized carbons (Fsp3) is 0.318. The molecule has 162 valence electrons. The van der Waals surface area contributed by atoms with Gasteiger partial charge in [-0.05, 0) is 35.9 Å². The van der Waals surface area contributed by atoms with Crippen LogP contribution in [0.5, 0.6) is 0 Å². The first kappa shape index (κ1) is 21.8. The average molecular weight is 461 g/mol. The molecule has 4 rings (SSSR count). The van der Waals surface area contributed by atoms with Gasteiger partial charge in [-0.1, -0.05) is 46.6 Å². The van der Waals surface area contributed by atoms with Crippen molar-refractivity contribution in [3.63, 3.8) is 0 Å². The highest BCUT2D eigenvalue weighted by Gasteiger charge is 2.32. The highest BCUT2D eigenvalue weighted by molar-refractivity contribution is 6.31. The van der Waals surface area contributed by atoms with Gasteiger partial charge in [0, 0.05) is 41.8 Å². The van der Waals surface area contributed by atoms with E-state index < -0.39 is 6.04 Å². The Balaban J connectivity index is 1.39. The van der Waals surface area contributed by atoms with Crippen LogP contribution in [0.4, 0.5) is 0 Å². The maximum Gasteiger partial charge on any atom is 0.327 e. The first-order chi connectivity index (χ1) is 15.0. The largest absolute Gasteiger partial charge is 0.468 e. The quantitative estimate of drug-likeness (QED) is 0.513. The molecule has 7 nitrogen and oxygen atoms in total. The number of aromatic nitrogens is 2. The van der Waals surface area contributed by atoms with Gasteiger partial charge < -0.3 is 9.26 Å². The summed E-state index contributed by atoms with van der Waals surface area (Å²) in [7, 11) is 1.40. The van der Waals surface area contributed by atoms with E-state index in [-0.39, 0.29) is 5.97 Å². The number of benzene rings is 2. The lowest BCUT2D eigenvalue weighted by atomic mass is 10.0. The first-order valence-electron chi connectivity index (χ1n) is 9.92. The molecule has 0 bridgehead atoms. The number of hydrogen-bond acceptors (Lipinski definition) is 7. The molecule has 31 heavy (non-hydrogen) atoms. The van der Waals surface area contributed by atoms with Gasteiger partial charge in [-0.3, -0.25) is 9.80 Å². The van der Waals surface area contributed by atoms with Crippen LogP contribution in [0.25, 0.3) is 11.4 Å². The molecule has 3 aromatic rings. The van der Waals surface area contributed by atoms with E-state index in [1.165, 1.54) is 7.11 Å². The molecule has 0 spiro atoms. The van der Waals surface area contributed by atoms with Crippen LogP contribution in [0, 0.1) is 0 Å². The molecule has 1 fully saturated rings. The Bertz CT molecular complexity index is 1030. The van der Waals surface area contributed by atoms with E-state index in [2.05, 4.69) is 19.9 Å². The van der Waals surface area contributed by atoms with Crippen molar-refractivity contribution in [2.24, 2.45) is 0 Å². The van der Waals surface area contributed by atoms with Gasteiger partial charge in [0.05, 0.1) is 13.7 Å². The van der Waals surface area contributed by atoms with Gasteiger partial charge in [-0.25, -0.2) is 4.79 Å². The van der Waals surface area contributed by atoms with E-state index in [4.69, 9.17) is 32.5 Å². The summed E-state index contributed by atoms with van der Waals surface area (Å²) < 4.78 is 10.5. The van der Waals surface area contributed by atoms with Gasteiger partial charge in [0.25, 0.3) is 0 Å². The summed E-state index contributed by atoms with van der Waals surface area (Å²) in [5.74, 6) is 0.773. The molecule has 0 saturated carbocycles. The third-order valence-corrected chi connectivity index (χ3v) is 5.92. The number of nitrogens with zero attached hydrogens (tertiary/aromatic N) is 4. The van der Waals surface area contributed by atoms with Crippen LogP contribution in [-0.4, -0.2) is 59.2 Å². The average Bonchev–Trinajstić information content (AvgIpc) is 3.25. The number of piperazine rings is 1. The second-order valence-electron chi connectivity index (χ2n) is 7.28. The number of methoxy groups -OCH3 is 1. The van der Waals surface area contributed by atoms with Crippen LogP contribution >= 0.6 is 23.2 Å². The van der Waals surface area contributed by atoms with Gasteiger partial charge in [0.2, 0.25) is 11.7 Å². The maximum absolute atomic E-state index is 12.5. The van der Waals surface area contributed by atoms with Gasteiger partial charge in [0.15, 0.2) is 0 Å². The van der Waals surface area contributed by atoms with Gasteiger partial charge in [-0.2, -0.15) is 4.98 Å². The molecule has 0 N–H and O–H groups in total.